The van der Waals surface area contributed by atoms with E-state index in [1.807, 2.05) is 12.1 Å². The van der Waals surface area contributed by atoms with Crippen LogP contribution < -0.4 is 5.32 Å². The molecule has 0 aliphatic heterocycles. The molecular weight excluding hydrogens is 286 g/mol. The van der Waals surface area contributed by atoms with E-state index in [0.29, 0.717) is 12.1 Å². The van der Waals surface area contributed by atoms with Gasteiger partial charge in [0.2, 0.25) is 0 Å². The van der Waals surface area contributed by atoms with Gasteiger partial charge in [0.25, 0.3) is 0 Å². The molecule has 2 aromatic rings. The highest BCUT2D eigenvalue weighted by molar-refractivity contribution is 5.89. The number of carboxylic acids is 1. The first-order chi connectivity index (χ1) is 11.2. The Bertz CT molecular complexity index is 717. The van der Waals surface area contributed by atoms with Crippen molar-refractivity contribution in [3.63, 3.8) is 0 Å². The predicted octanol–water partition coefficient (Wildman–Crippen LogP) is 4.95. The van der Waals surface area contributed by atoms with Crippen molar-refractivity contribution in [3.05, 3.63) is 71.3 Å². The van der Waals surface area contributed by atoms with Crippen molar-refractivity contribution in [1.82, 2.24) is 0 Å². The summed E-state index contributed by atoms with van der Waals surface area (Å²) in [5.41, 5.74) is 4.88. The van der Waals surface area contributed by atoms with E-state index in [0.717, 1.165) is 11.3 Å². The normalized spacial score (nSPS) is 14.2. The third-order valence-electron chi connectivity index (χ3n) is 4.28. The number of aromatic carboxylic acids is 1. The Morgan fingerprint density at radius 3 is 2.52 bits per heavy atom. The topological polar surface area (TPSA) is 49.3 Å². The number of allylic oxidation sites excluding steroid dienone is 2. The zero-order valence-electron chi connectivity index (χ0n) is 13.1. The summed E-state index contributed by atoms with van der Waals surface area (Å²) in [6.45, 7) is 0.504. The van der Waals surface area contributed by atoms with Crippen molar-refractivity contribution in [2.75, 3.05) is 5.32 Å². The maximum absolute atomic E-state index is 11.2. The van der Waals surface area contributed by atoms with E-state index in [1.165, 1.54) is 36.8 Å². The number of benzene rings is 2. The highest BCUT2D eigenvalue weighted by atomic mass is 16.4. The SMILES string of the molecule is O=C(O)c1ccccc1CNc1ccc(C2=CCCCC2)cc1. The van der Waals surface area contributed by atoms with E-state index in [2.05, 4.69) is 35.7 Å². The maximum Gasteiger partial charge on any atom is 0.336 e. The van der Waals surface area contributed by atoms with Crippen LogP contribution in [0.1, 0.15) is 47.2 Å². The number of rotatable bonds is 5. The van der Waals surface area contributed by atoms with E-state index in [-0.39, 0.29) is 0 Å². The Hall–Kier alpha value is -2.55. The van der Waals surface area contributed by atoms with Crippen LogP contribution in [-0.4, -0.2) is 11.1 Å². The summed E-state index contributed by atoms with van der Waals surface area (Å²) in [5.74, 6) is -0.887. The molecule has 0 amide bonds. The molecule has 3 nitrogen and oxygen atoms in total. The molecule has 0 saturated carbocycles. The number of hydrogen-bond acceptors (Lipinski definition) is 2. The van der Waals surface area contributed by atoms with Crippen LogP contribution in [0.4, 0.5) is 5.69 Å². The van der Waals surface area contributed by atoms with Gasteiger partial charge in [-0.2, -0.15) is 0 Å². The molecule has 3 rings (SSSR count). The third kappa shape index (κ3) is 3.81. The van der Waals surface area contributed by atoms with Crippen LogP contribution >= 0.6 is 0 Å². The summed E-state index contributed by atoms with van der Waals surface area (Å²) in [6, 6.07) is 15.5. The molecule has 0 heterocycles. The molecule has 1 aliphatic carbocycles. The van der Waals surface area contributed by atoms with Crippen molar-refractivity contribution >= 4 is 17.2 Å². The Kier molecular flexibility index (Phi) is 4.77. The molecule has 2 aromatic carbocycles. The van der Waals surface area contributed by atoms with Gasteiger partial charge in [-0.25, -0.2) is 4.79 Å². The second-order valence-corrected chi connectivity index (χ2v) is 5.87. The monoisotopic (exact) mass is 307 g/mol. The Balaban J connectivity index is 1.67. The minimum Gasteiger partial charge on any atom is -0.478 e. The van der Waals surface area contributed by atoms with Gasteiger partial charge in [0.15, 0.2) is 0 Å². The second kappa shape index (κ2) is 7.14. The van der Waals surface area contributed by atoms with Gasteiger partial charge in [0, 0.05) is 12.2 Å². The maximum atomic E-state index is 11.2. The van der Waals surface area contributed by atoms with Crippen LogP contribution in [0, 0.1) is 0 Å². The minimum atomic E-state index is -0.887. The molecule has 0 unspecified atom stereocenters. The lowest BCUT2D eigenvalue weighted by Gasteiger charge is -2.14. The van der Waals surface area contributed by atoms with E-state index in [1.54, 1.807) is 12.1 Å². The van der Waals surface area contributed by atoms with Gasteiger partial charge in [-0.15, -0.1) is 0 Å². The molecule has 0 spiro atoms. The minimum absolute atomic E-state index is 0.351. The van der Waals surface area contributed by atoms with Crippen molar-refractivity contribution in [2.24, 2.45) is 0 Å². The smallest absolute Gasteiger partial charge is 0.336 e. The first-order valence-corrected chi connectivity index (χ1v) is 8.08. The lowest BCUT2D eigenvalue weighted by atomic mass is 9.94. The van der Waals surface area contributed by atoms with Crippen LogP contribution in [0.2, 0.25) is 0 Å². The van der Waals surface area contributed by atoms with Crippen molar-refractivity contribution < 1.29 is 9.90 Å². The largest absolute Gasteiger partial charge is 0.478 e. The third-order valence-corrected chi connectivity index (χ3v) is 4.28. The van der Waals surface area contributed by atoms with Crippen LogP contribution in [0.15, 0.2) is 54.6 Å². The molecule has 0 atom stereocenters. The zero-order valence-corrected chi connectivity index (χ0v) is 13.1. The molecule has 0 radical (unpaired) electrons. The summed E-state index contributed by atoms with van der Waals surface area (Å²) < 4.78 is 0. The van der Waals surface area contributed by atoms with Gasteiger partial charge in [0.1, 0.15) is 0 Å². The molecule has 0 aromatic heterocycles. The summed E-state index contributed by atoms with van der Waals surface area (Å²) in [4.78, 5) is 11.2. The highest BCUT2D eigenvalue weighted by Crippen LogP contribution is 2.27. The number of nitrogens with one attached hydrogen (secondary N) is 1. The first-order valence-electron chi connectivity index (χ1n) is 8.08. The second-order valence-electron chi connectivity index (χ2n) is 5.87. The Morgan fingerprint density at radius 2 is 1.83 bits per heavy atom. The zero-order chi connectivity index (χ0) is 16.1. The molecule has 0 fully saturated rings. The van der Waals surface area contributed by atoms with Crippen molar-refractivity contribution in [2.45, 2.75) is 32.2 Å². The standard InChI is InChI=1S/C20H21NO2/c22-20(23)19-9-5-4-8-17(19)14-21-18-12-10-16(11-13-18)15-6-2-1-3-7-15/h4-6,8-13,21H,1-3,7,14H2,(H,22,23). The number of carbonyl (C=O) groups is 1. The van der Waals surface area contributed by atoms with Gasteiger partial charge >= 0.3 is 5.97 Å². The quantitative estimate of drug-likeness (QED) is 0.821. The summed E-state index contributed by atoms with van der Waals surface area (Å²) in [5, 5.41) is 12.5. The van der Waals surface area contributed by atoms with Gasteiger partial charge in [-0.05, 0) is 60.6 Å². The lowest BCUT2D eigenvalue weighted by molar-refractivity contribution is 0.0696. The number of carboxylic acid groups (broad SMARTS) is 1. The van der Waals surface area contributed by atoms with Crippen molar-refractivity contribution in [3.8, 4) is 0 Å². The molecule has 3 heteroatoms. The Labute approximate surface area is 136 Å². The number of hydrogen-bond donors (Lipinski definition) is 2. The predicted molar refractivity (Wildman–Crippen MR) is 93.6 cm³/mol. The average molecular weight is 307 g/mol. The lowest BCUT2D eigenvalue weighted by Crippen LogP contribution is -2.07. The Morgan fingerprint density at radius 1 is 1.04 bits per heavy atom. The molecule has 0 bridgehead atoms. The first kappa shape index (κ1) is 15.3. The summed E-state index contributed by atoms with van der Waals surface area (Å²) in [6.07, 6.45) is 7.26. The van der Waals surface area contributed by atoms with E-state index >= 15 is 0 Å². The molecule has 2 N–H and O–H groups in total. The molecule has 0 saturated heterocycles. The van der Waals surface area contributed by atoms with Crippen LogP contribution in [0.3, 0.4) is 0 Å². The van der Waals surface area contributed by atoms with Gasteiger partial charge in [0.05, 0.1) is 5.56 Å². The molecule has 1 aliphatic rings. The van der Waals surface area contributed by atoms with Gasteiger partial charge < -0.3 is 10.4 Å². The fourth-order valence-electron chi connectivity index (χ4n) is 2.98. The summed E-state index contributed by atoms with van der Waals surface area (Å²) >= 11 is 0. The molecular formula is C20H21NO2. The molecule has 23 heavy (non-hydrogen) atoms. The molecule has 118 valence electrons. The fourth-order valence-corrected chi connectivity index (χ4v) is 2.98. The van der Waals surface area contributed by atoms with Crippen molar-refractivity contribution in [1.29, 1.82) is 0 Å². The van der Waals surface area contributed by atoms with Gasteiger partial charge in [-0.1, -0.05) is 36.4 Å². The van der Waals surface area contributed by atoms with E-state index in [9.17, 15) is 9.90 Å². The van der Waals surface area contributed by atoms with Crippen LogP contribution in [-0.2, 0) is 6.54 Å². The number of anilines is 1. The fraction of sp³-hybridized carbons (Fsp3) is 0.250. The summed E-state index contributed by atoms with van der Waals surface area (Å²) in [7, 11) is 0. The van der Waals surface area contributed by atoms with E-state index in [4.69, 9.17) is 0 Å². The van der Waals surface area contributed by atoms with Crippen LogP contribution in [0.5, 0.6) is 0 Å². The van der Waals surface area contributed by atoms with Crippen LogP contribution in [0.25, 0.3) is 5.57 Å². The van der Waals surface area contributed by atoms with E-state index < -0.39 is 5.97 Å². The highest BCUT2D eigenvalue weighted by Gasteiger charge is 2.09. The average Bonchev–Trinajstić information content (AvgIpc) is 2.61. The van der Waals surface area contributed by atoms with Gasteiger partial charge in [-0.3, -0.25) is 0 Å².